The predicted octanol–water partition coefficient (Wildman–Crippen LogP) is 6.19. The number of piperazine rings is 1. The summed E-state index contributed by atoms with van der Waals surface area (Å²) in [7, 11) is 0. The Bertz CT molecular complexity index is 1490. The van der Waals surface area contributed by atoms with Gasteiger partial charge in [-0.25, -0.2) is 4.79 Å². The summed E-state index contributed by atoms with van der Waals surface area (Å²) in [5.74, 6) is 0.204. The Kier molecular flexibility index (Phi) is 13.0. The number of likely N-dealkylation sites (tertiary alicyclic amines) is 1. The lowest BCUT2D eigenvalue weighted by Crippen LogP contribution is -2.52. The van der Waals surface area contributed by atoms with Crippen LogP contribution in [0.4, 0.5) is 29.3 Å². The molecule has 3 fully saturated rings. The monoisotopic (exact) mass is 730 g/mol. The van der Waals surface area contributed by atoms with Crippen LogP contribution in [0.5, 0.6) is 0 Å². The first kappa shape index (κ1) is 39.7. The molecule has 2 aromatic rings. The Morgan fingerprint density at radius 1 is 0.923 bits per heavy atom. The first-order chi connectivity index (χ1) is 24.6. The number of nitrogens with one attached hydrogen (secondary N) is 1. The summed E-state index contributed by atoms with van der Waals surface area (Å²) < 4.78 is 45.6. The quantitative estimate of drug-likeness (QED) is 0.196. The Hall–Kier alpha value is -3.55. The molecule has 2 heterocycles. The molecule has 13 heteroatoms. The van der Waals surface area contributed by atoms with Gasteiger partial charge in [0, 0.05) is 70.6 Å². The second-order valence-corrected chi connectivity index (χ2v) is 15.9. The standard InChI is InChI=1S/C39H57F3N6O4/c1-27(44-36(50)31-6-5-7-32(23-31)39(40,41)42)48(33-11-8-29(26-49)9-12-33)35-13-10-30(22-34(35)43)25-46-20-18-45(19-21-46)24-28-14-16-47(17-15-28)37(51)52-38(2,3)4/h5-7,10,13,22-23,27-29,33,49H,8-9,11-12,14-21,24-26,43H2,1-4H3,(H,44,50). The minimum absolute atomic E-state index is 0.0328. The molecule has 5 rings (SSSR count). The SMILES string of the molecule is CC(NC(=O)c1cccc(C(F)(F)F)c1)N(c1ccc(CN2CCN(CC3CCN(C(=O)OC(C)(C)C)CC3)CC2)cc1N)C1CCC(CO)CC1. The van der Waals surface area contributed by atoms with Crippen molar-refractivity contribution in [2.45, 2.75) is 96.7 Å². The highest BCUT2D eigenvalue weighted by molar-refractivity contribution is 5.94. The lowest BCUT2D eigenvalue weighted by atomic mass is 9.85. The molecular weight excluding hydrogens is 673 g/mol. The van der Waals surface area contributed by atoms with Crippen LogP contribution < -0.4 is 16.0 Å². The van der Waals surface area contributed by atoms with E-state index < -0.39 is 29.4 Å². The Labute approximate surface area is 306 Å². The van der Waals surface area contributed by atoms with Gasteiger partial charge in [0.25, 0.3) is 5.91 Å². The van der Waals surface area contributed by atoms with Crippen LogP contribution in [-0.4, -0.2) is 102 Å². The van der Waals surface area contributed by atoms with Crippen LogP contribution in [0.2, 0.25) is 0 Å². The molecule has 4 N–H and O–H groups in total. The van der Waals surface area contributed by atoms with Crippen molar-refractivity contribution in [1.82, 2.24) is 20.0 Å². The maximum atomic E-state index is 13.4. The van der Waals surface area contributed by atoms with E-state index in [2.05, 4.69) is 26.1 Å². The molecule has 3 aliphatic rings. The van der Waals surface area contributed by atoms with Gasteiger partial charge in [-0.3, -0.25) is 9.69 Å². The number of hydrogen-bond acceptors (Lipinski definition) is 8. The summed E-state index contributed by atoms with van der Waals surface area (Å²) in [5, 5.41) is 12.7. The zero-order valence-electron chi connectivity index (χ0n) is 31.1. The maximum absolute atomic E-state index is 13.4. The smallest absolute Gasteiger partial charge is 0.416 e. The summed E-state index contributed by atoms with van der Waals surface area (Å²) in [5.41, 5.74) is 7.78. The number of halogens is 3. The number of nitrogen functional groups attached to an aromatic ring is 1. The van der Waals surface area contributed by atoms with E-state index in [1.807, 2.05) is 44.7 Å². The van der Waals surface area contributed by atoms with Crippen LogP contribution in [0.25, 0.3) is 0 Å². The van der Waals surface area contributed by atoms with Gasteiger partial charge in [-0.1, -0.05) is 12.1 Å². The van der Waals surface area contributed by atoms with Crippen molar-refractivity contribution in [3.8, 4) is 0 Å². The van der Waals surface area contributed by atoms with E-state index in [9.17, 15) is 27.9 Å². The van der Waals surface area contributed by atoms with Gasteiger partial charge in [0.05, 0.1) is 23.1 Å². The van der Waals surface area contributed by atoms with Gasteiger partial charge in [0.2, 0.25) is 0 Å². The molecule has 10 nitrogen and oxygen atoms in total. The summed E-state index contributed by atoms with van der Waals surface area (Å²) in [6.07, 6.45) is -0.0938. The number of aliphatic hydroxyl groups is 1. The fraction of sp³-hybridized carbons (Fsp3) is 0.641. The third-order valence-corrected chi connectivity index (χ3v) is 10.7. The molecule has 1 atom stereocenters. The Morgan fingerprint density at radius 2 is 1.58 bits per heavy atom. The molecule has 1 unspecified atom stereocenters. The van der Waals surface area contributed by atoms with Crippen LogP contribution in [-0.2, 0) is 17.5 Å². The summed E-state index contributed by atoms with van der Waals surface area (Å²) in [6.45, 7) is 14.8. The minimum Gasteiger partial charge on any atom is -0.444 e. The first-order valence-corrected chi connectivity index (χ1v) is 18.8. The number of alkyl halides is 3. The van der Waals surface area contributed by atoms with Crippen LogP contribution in [0, 0.1) is 11.8 Å². The van der Waals surface area contributed by atoms with E-state index in [4.69, 9.17) is 10.5 Å². The number of nitrogens with zero attached hydrogens (tertiary/aromatic N) is 4. The third-order valence-electron chi connectivity index (χ3n) is 10.7. The highest BCUT2D eigenvalue weighted by Crippen LogP contribution is 2.35. The number of carbonyl (C=O) groups is 2. The largest absolute Gasteiger partial charge is 0.444 e. The molecule has 2 aliphatic heterocycles. The van der Waals surface area contributed by atoms with Crippen molar-refractivity contribution in [2.24, 2.45) is 11.8 Å². The normalized spacial score (nSPS) is 21.8. The molecule has 2 aromatic carbocycles. The first-order valence-electron chi connectivity index (χ1n) is 18.8. The van der Waals surface area contributed by atoms with Gasteiger partial charge in [0.1, 0.15) is 5.60 Å². The zero-order valence-corrected chi connectivity index (χ0v) is 31.1. The van der Waals surface area contributed by atoms with Gasteiger partial charge < -0.3 is 35.6 Å². The number of amides is 2. The zero-order chi connectivity index (χ0) is 37.6. The molecule has 0 bridgehead atoms. The molecule has 288 valence electrons. The number of aliphatic hydroxyl groups excluding tert-OH is 1. The molecule has 2 amide bonds. The van der Waals surface area contributed by atoms with Crippen LogP contribution in [0.15, 0.2) is 42.5 Å². The van der Waals surface area contributed by atoms with E-state index in [1.54, 1.807) is 0 Å². The molecule has 2 saturated heterocycles. The van der Waals surface area contributed by atoms with Gasteiger partial charge in [-0.15, -0.1) is 0 Å². The molecule has 0 aromatic heterocycles. The lowest BCUT2D eigenvalue weighted by molar-refractivity contribution is -0.137. The van der Waals surface area contributed by atoms with Gasteiger partial charge >= 0.3 is 12.3 Å². The van der Waals surface area contributed by atoms with Gasteiger partial charge in [-0.05, 0) is 114 Å². The van der Waals surface area contributed by atoms with E-state index in [0.29, 0.717) is 11.6 Å². The fourth-order valence-electron chi connectivity index (χ4n) is 7.82. The van der Waals surface area contributed by atoms with Crippen molar-refractivity contribution >= 4 is 23.4 Å². The molecular formula is C39H57F3N6O4. The van der Waals surface area contributed by atoms with Crippen molar-refractivity contribution in [2.75, 3.05) is 63.1 Å². The summed E-state index contributed by atoms with van der Waals surface area (Å²) in [4.78, 5) is 34.6. The minimum atomic E-state index is -4.55. The molecule has 1 aliphatic carbocycles. The number of rotatable bonds is 10. The number of nitrogens with two attached hydrogens (primary N) is 1. The predicted molar refractivity (Wildman–Crippen MR) is 197 cm³/mol. The van der Waals surface area contributed by atoms with Crippen molar-refractivity contribution in [1.29, 1.82) is 0 Å². The van der Waals surface area contributed by atoms with Crippen LogP contribution in [0.1, 0.15) is 87.7 Å². The van der Waals surface area contributed by atoms with Crippen molar-refractivity contribution in [3.63, 3.8) is 0 Å². The Morgan fingerprint density at radius 3 is 2.17 bits per heavy atom. The number of carbonyl (C=O) groups excluding carboxylic acids is 2. The Balaban J connectivity index is 1.17. The highest BCUT2D eigenvalue weighted by atomic mass is 19.4. The van der Waals surface area contributed by atoms with Crippen molar-refractivity contribution < 1.29 is 32.6 Å². The number of benzene rings is 2. The number of ether oxygens (including phenoxy) is 1. The second-order valence-electron chi connectivity index (χ2n) is 15.9. The van der Waals surface area contributed by atoms with Gasteiger partial charge in [0.15, 0.2) is 0 Å². The van der Waals surface area contributed by atoms with Crippen LogP contribution >= 0.6 is 0 Å². The fourth-order valence-corrected chi connectivity index (χ4v) is 7.82. The third kappa shape index (κ3) is 10.8. The van der Waals surface area contributed by atoms with E-state index in [1.165, 1.54) is 12.1 Å². The number of piperidine rings is 1. The molecule has 1 saturated carbocycles. The van der Waals surface area contributed by atoms with E-state index in [-0.39, 0.29) is 30.2 Å². The van der Waals surface area contributed by atoms with Crippen molar-refractivity contribution in [3.05, 3.63) is 59.2 Å². The van der Waals surface area contributed by atoms with Gasteiger partial charge in [-0.2, -0.15) is 13.2 Å². The average Bonchev–Trinajstić information content (AvgIpc) is 3.09. The topological polar surface area (TPSA) is 115 Å². The van der Waals surface area contributed by atoms with E-state index in [0.717, 1.165) is 114 Å². The highest BCUT2D eigenvalue weighted by Gasteiger charge is 2.34. The second kappa shape index (κ2) is 17.1. The lowest BCUT2D eigenvalue weighted by Gasteiger charge is -2.42. The molecule has 52 heavy (non-hydrogen) atoms. The molecule has 0 radical (unpaired) electrons. The van der Waals surface area contributed by atoms with E-state index >= 15 is 0 Å². The average molecular weight is 731 g/mol. The number of anilines is 2. The summed E-state index contributed by atoms with van der Waals surface area (Å²) >= 11 is 0. The van der Waals surface area contributed by atoms with Crippen LogP contribution in [0.3, 0.4) is 0 Å². The molecule has 0 spiro atoms. The number of hydrogen-bond donors (Lipinski definition) is 3. The maximum Gasteiger partial charge on any atom is 0.416 e. The summed E-state index contributed by atoms with van der Waals surface area (Å²) in [6, 6.07) is 10.5.